The largest absolute Gasteiger partial charge is 0.452 e. The molecule has 6 heteroatoms. The van der Waals surface area contributed by atoms with E-state index in [2.05, 4.69) is 21.2 Å². The van der Waals surface area contributed by atoms with Crippen molar-refractivity contribution in [1.82, 2.24) is 0 Å². The molecule has 0 aliphatic rings. The number of carbonyl (C=O) groups excluding carboxylic acids is 2. The molecule has 0 saturated carbocycles. The van der Waals surface area contributed by atoms with Gasteiger partial charge in [0.25, 0.3) is 5.91 Å². The number of esters is 1. The van der Waals surface area contributed by atoms with E-state index >= 15 is 0 Å². The van der Waals surface area contributed by atoms with Gasteiger partial charge in [-0.05, 0) is 42.5 Å². The number of hydrogen-bond donors (Lipinski definition) is 1. The minimum atomic E-state index is -0.650. The minimum Gasteiger partial charge on any atom is -0.452 e. The lowest BCUT2D eigenvalue weighted by Gasteiger charge is -2.07. The summed E-state index contributed by atoms with van der Waals surface area (Å²) >= 11 is 3.29. The molecule has 0 aromatic heterocycles. The van der Waals surface area contributed by atoms with Crippen molar-refractivity contribution in [3.8, 4) is 6.07 Å². The molecular formula is C16H11BrN2O3. The van der Waals surface area contributed by atoms with E-state index < -0.39 is 18.5 Å². The van der Waals surface area contributed by atoms with Crippen molar-refractivity contribution in [2.75, 3.05) is 11.9 Å². The molecule has 1 N–H and O–H groups in total. The Balaban J connectivity index is 1.89. The van der Waals surface area contributed by atoms with Crippen molar-refractivity contribution in [3.63, 3.8) is 0 Å². The molecule has 0 bridgehead atoms. The molecule has 0 unspecified atom stereocenters. The number of halogens is 1. The first kappa shape index (κ1) is 15.7. The zero-order valence-electron chi connectivity index (χ0n) is 11.4. The van der Waals surface area contributed by atoms with Crippen LogP contribution in [0.2, 0.25) is 0 Å². The Hall–Kier alpha value is -2.65. The summed E-state index contributed by atoms with van der Waals surface area (Å²) in [6.45, 7) is -0.397. The summed E-state index contributed by atoms with van der Waals surface area (Å²) in [6.07, 6.45) is 0. The molecule has 22 heavy (non-hydrogen) atoms. The fraction of sp³-hybridized carbons (Fsp3) is 0.0625. The molecule has 0 saturated heterocycles. The van der Waals surface area contributed by atoms with Crippen molar-refractivity contribution >= 4 is 33.5 Å². The predicted molar refractivity (Wildman–Crippen MR) is 84.2 cm³/mol. The standard InChI is InChI=1S/C16H11BrN2O3/c17-13-4-6-14(7-5-13)19-15(20)10-22-16(21)12-3-1-2-11(8-12)9-18/h1-8H,10H2,(H,19,20). The van der Waals surface area contributed by atoms with Gasteiger partial charge in [0.15, 0.2) is 6.61 Å². The number of anilines is 1. The van der Waals surface area contributed by atoms with Crippen LogP contribution in [0.4, 0.5) is 5.69 Å². The second kappa shape index (κ2) is 7.38. The molecule has 0 fully saturated rings. The maximum absolute atomic E-state index is 11.8. The summed E-state index contributed by atoms with van der Waals surface area (Å²) in [4.78, 5) is 23.5. The van der Waals surface area contributed by atoms with Crippen LogP contribution in [0.25, 0.3) is 0 Å². The molecule has 1 amide bonds. The Morgan fingerprint density at radius 3 is 2.59 bits per heavy atom. The van der Waals surface area contributed by atoms with Crippen LogP contribution < -0.4 is 5.32 Å². The Labute approximate surface area is 135 Å². The highest BCUT2D eigenvalue weighted by Gasteiger charge is 2.11. The quantitative estimate of drug-likeness (QED) is 0.851. The van der Waals surface area contributed by atoms with Gasteiger partial charge in [0.2, 0.25) is 0 Å². The van der Waals surface area contributed by atoms with Gasteiger partial charge in [-0.15, -0.1) is 0 Å². The van der Waals surface area contributed by atoms with Crippen molar-refractivity contribution < 1.29 is 14.3 Å². The maximum Gasteiger partial charge on any atom is 0.338 e. The molecule has 0 heterocycles. The van der Waals surface area contributed by atoms with Gasteiger partial charge in [0.1, 0.15) is 0 Å². The number of nitrogens with zero attached hydrogens (tertiary/aromatic N) is 1. The van der Waals surface area contributed by atoms with Crippen LogP contribution >= 0.6 is 15.9 Å². The van der Waals surface area contributed by atoms with Crippen molar-refractivity contribution in [2.45, 2.75) is 0 Å². The zero-order valence-corrected chi connectivity index (χ0v) is 13.0. The number of hydrogen-bond acceptors (Lipinski definition) is 4. The van der Waals surface area contributed by atoms with Gasteiger partial charge in [0.05, 0.1) is 17.2 Å². The number of amides is 1. The normalized spacial score (nSPS) is 9.64. The smallest absolute Gasteiger partial charge is 0.338 e. The van der Waals surface area contributed by atoms with Gasteiger partial charge in [-0.25, -0.2) is 4.79 Å². The molecule has 2 aromatic rings. The van der Waals surface area contributed by atoms with Crippen LogP contribution in [0.15, 0.2) is 53.0 Å². The average Bonchev–Trinajstić information content (AvgIpc) is 2.55. The maximum atomic E-state index is 11.8. The van der Waals surface area contributed by atoms with E-state index in [1.54, 1.807) is 36.4 Å². The summed E-state index contributed by atoms with van der Waals surface area (Å²) in [6, 6.07) is 15.0. The Bertz CT molecular complexity index is 736. The first-order valence-electron chi connectivity index (χ1n) is 6.31. The lowest BCUT2D eigenvalue weighted by atomic mass is 10.1. The van der Waals surface area contributed by atoms with E-state index in [9.17, 15) is 9.59 Å². The second-order valence-corrected chi connectivity index (χ2v) is 5.24. The topological polar surface area (TPSA) is 79.2 Å². The third-order valence-electron chi connectivity index (χ3n) is 2.69. The van der Waals surface area contributed by atoms with Crippen LogP contribution in [0, 0.1) is 11.3 Å². The van der Waals surface area contributed by atoms with E-state index in [1.165, 1.54) is 12.1 Å². The lowest BCUT2D eigenvalue weighted by Crippen LogP contribution is -2.20. The third-order valence-corrected chi connectivity index (χ3v) is 3.22. The highest BCUT2D eigenvalue weighted by Crippen LogP contribution is 2.14. The van der Waals surface area contributed by atoms with Gasteiger partial charge < -0.3 is 10.1 Å². The molecule has 2 rings (SSSR count). The monoisotopic (exact) mass is 358 g/mol. The van der Waals surface area contributed by atoms with E-state index in [0.717, 1.165) is 4.47 Å². The van der Waals surface area contributed by atoms with Crippen LogP contribution in [-0.4, -0.2) is 18.5 Å². The number of nitriles is 1. The molecule has 0 spiro atoms. The number of benzene rings is 2. The molecule has 2 aromatic carbocycles. The van der Waals surface area contributed by atoms with Crippen molar-refractivity contribution in [2.24, 2.45) is 0 Å². The van der Waals surface area contributed by atoms with E-state index in [0.29, 0.717) is 11.3 Å². The van der Waals surface area contributed by atoms with Crippen LogP contribution in [-0.2, 0) is 9.53 Å². The van der Waals surface area contributed by atoms with Crippen molar-refractivity contribution in [1.29, 1.82) is 5.26 Å². The number of nitrogens with one attached hydrogen (secondary N) is 1. The summed E-state index contributed by atoms with van der Waals surface area (Å²) in [7, 11) is 0. The summed E-state index contributed by atoms with van der Waals surface area (Å²) in [5.74, 6) is -1.09. The summed E-state index contributed by atoms with van der Waals surface area (Å²) in [5.41, 5.74) is 1.19. The van der Waals surface area contributed by atoms with Crippen LogP contribution in [0.3, 0.4) is 0 Å². The molecule has 0 aliphatic heterocycles. The first-order valence-corrected chi connectivity index (χ1v) is 7.10. The fourth-order valence-corrected chi connectivity index (χ4v) is 1.92. The SMILES string of the molecule is N#Cc1cccc(C(=O)OCC(=O)Nc2ccc(Br)cc2)c1. The summed E-state index contributed by atoms with van der Waals surface area (Å²) in [5, 5.41) is 11.4. The van der Waals surface area contributed by atoms with E-state index in [4.69, 9.17) is 10.00 Å². The zero-order chi connectivity index (χ0) is 15.9. The number of rotatable bonds is 4. The van der Waals surface area contributed by atoms with Gasteiger partial charge in [-0.3, -0.25) is 4.79 Å². The second-order valence-electron chi connectivity index (χ2n) is 4.32. The lowest BCUT2D eigenvalue weighted by molar-refractivity contribution is -0.119. The number of ether oxygens (including phenoxy) is 1. The highest BCUT2D eigenvalue weighted by molar-refractivity contribution is 9.10. The molecule has 0 atom stereocenters. The highest BCUT2D eigenvalue weighted by atomic mass is 79.9. The Morgan fingerprint density at radius 2 is 1.91 bits per heavy atom. The molecular weight excluding hydrogens is 348 g/mol. The summed E-state index contributed by atoms with van der Waals surface area (Å²) < 4.78 is 5.81. The molecule has 0 radical (unpaired) electrons. The van der Waals surface area contributed by atoms with Gasteiger partial charge in [-0.1, -0.05) is 22.0 Å². The predicted octanol–water partition coefficient (Wildman–Crippen LogP) is 3.12. The molecule has 110 valence electrons. The van der Waals surface area contributed by atoms with Gasteiger partial charge in [-0.2, -0.15) is 5.26 Å². The first-order chi connectivity index (χ1) is 10.6. The molecule has 5 nitrogen and oxygen atoms in total. The average molecular weight is 359 g/mol. The van der Waals surface area contributed by atoms with Crippen LogP contribution in [0.1, 0.15) is 15.9 Å². The fourth-order valence-electron chi connectivity index (χ4n) is 1.66. The van der Waals surface area contributed by atoms with Crippen molar-refractivity contribution in [3.05, 3.63) is 64.1 Å². The third kappa shape index (κ3) is 4.43. The van der Waals surface area contributed by atoms with Crippen LogP contribution in [0.5, 0.6) is 0 Å². The van der Waals surface area contributed by atoms with E-state index in [1.807, 2.05) is 6.07 Å². The van der Waals surface area contributed by atoms with Gasteiger partial charge >= 0.3 is 5.97 Å². The van der Waals surface area contributed by atoms with Gasteiger partial charge in [0, 0.05) is 10.2 Å². The Kier molecular flexibility index (Phi) is 5.28. The molecule has 0 aliphatic carbocycles. The minimum absolute atomic E-state index is 0.232. The Morgan fingerprint density at radius 1 is 1.18 bits per heavy atom. The van der Waals surface area contributed by atoms with E-state index in [-0.39, 0.29) is 5.56 Å². The number of carbonyl (C=O) groups is 2.